The van der Waals surface area contributed by atoms with Gasteiger partial charge in [-0.25, -0.2) is 4.98 Å². The average Bonchev–Trinajstić information content (AvgIpc) is 2.97. The lowest BCUT2D eigenvalue weighted by molar-refractivity contribution is 0.573. The Bertz CT molecular complexity index is 762. The fraction of sp³-hybridized carbons (Fsp3) is 0.333. The van der Waals surface area contributed by atoms with E-state index in [-0.39, 0.29) is 0 Å². The van der Waals surface area contributed by atoms with Crippen molar-refractivity contribution in [2.24, 2.45) is 0 Å². The number of benzene rings is 1. The Hall–Kier alpha value is -1.40. The number of hydrogen-bond acceptors (Lipinski definition) is 4. The zero-order valence-electron chi connectivity index (χ0n) is 12.1. The van der Waals surface area contributed by atoms with Crippen molar-refractivity contribution in [1.29, 1.82) is 0 Å². The number of thiazole rings is 1. The number of halogens is 1. The molecule has 0 aliphatic heterocycles. The van der Waals surface area contributed by atoms with Crippen LogP contribution in [0.5, 0.6) is 0 Å². The molecule has 0 spiro atoms. The van der Waals surface area contributed by atoms with E-state index in [2.05, 4.69) is 55.1 Å². The van der Waals surface area contributed by atoms with Gasteiger partial charge in [0.25, 0.3) is 0 Å². The van der Waals surface area contributed by atoms with Crippen molar-refractivity contribution in [1.82, 2.24) is 14.8 Å². The lowest BCUT2D eigenvalue weighted by Crippen LogP contribution is -2.08. The first-order valence-corrected chi connectivity index (χ1v) is 8.54. The van der Waals surface area contributed by atoms with Gasteiger partial charge in [0, 0.05) is 23.3 Å². The highest BCUT2D eigenvalue weighted by Crippen LogP contribution is 2.28. The van der Waals surface area contributed by atoms with Crippen LogP contribution >= 0.6 is 27.3 Å². The Morgan fingerprint density at radius 1 is 1.29 bits per heavy atom. The van der Waals surface area contributed by atoms with Gasteiger partial charge in [-0.2, -0.15) is 5.10 Å². The number of aromatic nitrogens is 3. The molecule has 3 aromatic rings. The number of nitrogens with one attached hydrogen (secondary N) is 1. The molecule has 2 heterocycles. The van der Waals surface area contributed by atoms with Crippen molar-refractivity contribution < 1.29 is 0 Å². The third kappa shape index (κ3) is 3.44. The van der Waals surface area contributed by atoms with Crippen molar-refractivity contribution >= 4 is 42.6 Å². The maximum atomic E-state index is 4.59. The molecule has 1 N–H and O–H groups in total. The van der Waals surface area contributed by atoms with Gasteiger partial charge in [-0.05, 0) is 44.5 Å². The molecule has 0 fully saturated rings. The minimum Gasteiger partial charge on any atom is -0.361 e. The monoisotopic (exact) mass is 364 g/mol. The molecule has 2 aromatic heterocycles. The van der Waals surface area contributed by atoms with E-state index in [0.29, 0.717) is 0 Å². The van der Waals surface area contributed by atoms with Crippen LogP contribution in [0.2, 0.25) is 0 Å². The summed E-state index contributed by atoms with van der Waals surface area (Å²) in [7, 11) is 0. The van der Waals surface area contributed by atoms with Gasteiger partial charge >= 0.3 is 0 Å². The minimum atomic E-state index is 0.902. The van der Waals surface area contributed by atoms with Crippen molar-refractivity contribution in [2.75, 3.05) is 11.9 Å². The highest BCUT2D eigenvalue weighted by molar-refractivity contribution is 9.10. The van der Waals surface area contributed by atoms with E-state index in [1.807, 2.05) is 19.1 Å². The molecular weight excluding hydrogens is 348 g/mol. The van der Waals surface area contributed by atoms with Crippen LogP contribution in [0.3, 0.4) is 0 Å². The summed E-state index contributed by atoms with van der Waals surface area (Å²) < 4.78 is 4.34. The fourth-order valence-electron chi connectivity index (χ4n) is 2.30. The molecule has 0 atom stereocenters. The Morgan fingerprint density at radius 3 is 2.90 bits per heavy atom. The van der Waals surface area contributed by atoms with Gasteiger partial charge in [0.2, 0.25) is 0 Å². The molecule has 21 heavy (non-hydrogen) atoms. The molecule has 0 saturated heterocycles. The van der Waals surface area contributed by atoms with E-state index >= 15 is 0 Å². The van der Waals surface area contributed by atoms with E-state index in [9.17, 15) is 0 Å². The second-order valence-corrected chi connectivity index (χ2v) is 7.01. The molecule has 4 nitrogen and oxygen atoms in total. The maximum absolute atomic E-state index is 4.59. The van der Waals surface area contributed by atoms with Crippen molar-refractivity contribution in [3.05, 3.63) is 40.1 Å². The Morgan fingerprint density at radius 2 is 2.14 bits per heavy atom. The molecule has 110 valence electrons. The van der Waals surface area contributed by atoms with Crippen LogP contribution in [0.15, 0.2) is 28.7 Å². The molecule has 0 aliphatic carbocycles. The smallest absolute Gasteiger partial charge is 0.183 e. The van der Waals surface area contributed by atoms with Crippen molar-refractivity contribution in [3.8, 4) is 0 Å². The molecule has 0 amide bonds. The van der Waals surface area contributed by atoms with Gasteiger partial charge < -0.3 is 5.32 Å². The van der Waals surface area contributed by atoms with E-state index in [1.54, 1.807) is 11.3 Å². The minimum absolute atomic E-state index is 0.902. The van der Waals surface area contributed by atoms with Gasteiger partial charge in [0.05, 0.1) is 15.9 Å². The highest BCUT2D eigenvalue weighted by atomic mass is 79.9. The van der Waals surface area contributed by atoms with Crippen LogP contribution in [-0.2, 0) is 6.54 Å². The molecule has 0 unspecified atom stereocenters. The summed E-state index contributed by atoms with van der Waals surface area (Å²) in [6.07, 6.45) is 1.03. The first-order valence-electron chi connectivity index (χ1n) is 6.93. The van der Waals surface area contributed by atoms with Crippen molar-refractivity contribution in [3.63, 3.8) is 0 Å². The average molecular weight is 365 g/mol. The van der Waals surface area contributed by atoms with Crippen LogP contribution in [0.1, 0.15) is 17.8 Å². The summed E-state index contributed by atoms with van der Waals surface area (Å²) in [5.74, 6) is 0. The molecule has 0 saturated carbocycles. The summed E-state index contributed by atoms with van der Waals surface area (Å²) in [4.78, 5) is 4.59. The second-order valence-electron chi connectivity index (χ2n) is 5.06. The summed E-state index contributed by atoms with van der Waals surface area (Å²) in [5, 5.41) is 8.85. The number of nitrogens with zero attached hydrogens (tertiary/aromatic N) is 3. The summed E-state index contributed by atoms with van der Waals surface area (Å²) >= 11 is 5.17. The van der Waals surface area contributed by atoms with Crippen molar-refractivity contribution in [2.45, 2.75) is 26.8 Å². The zero-order chi connectivity index (χ0) is 14.8. The van der Waals surface area contributed by atoms with E-state index in [0.717, 1.165) is 40.3 Å². The van der Waals surface area contributed by atoms with Crippen LogP contribution in [0, 0.1) is 13.8 Å². The highest BCUT2D eigenvalue weighted by Gasteiger charge is 2.04. The van der Waals surface area contributed by atoms with E-state index in [1.165, 1.54) is 10.4 Å². The molecular formula is C15H17BrN4S. The molecule has 0 aliphatic rings. The first kappa shape index (κ1) is 14.5. The van der Waals surface area contributed by atoms with Gasteiger partial charge in [0.15, 0.2) is 5.13 Å². The van der Waals surface area contributed by atoms with Crippen LogP contribution in [0.25, 0.3) is 10.2 Å². The molecule has 0 bridgehead atoms. The summed E-state index contributed by atoms with van der Waals surface area (Å²) in [6, 6.07) is 8.30. The third-order valence-corrected chi connectivity index (χ3v) is 4.76. The first-order chi connectivity index (χ1) is 10.1. The topological polar surface area (TPSA) is 42.7 Å². The Labute approximate surface area is 136 Å². The standard InChI is InChI=1S/C15H17BrN4S/c1-10-8-11(2)20(19-10)7-3-6-17-15-18-13-9-12(16)4-5-14(13)21-15/h4-5,8-9H,3,6-7H2,1-2H3,(H,17,18). The zero-order valence-corrected chi connectivity index (χ0v) is 14.5. The molecule has 3 rings (SSSR count). The number of fused-ring (bicyclic) bond motifs is 1. The molecule has 0 radical (unpaired) electrons. The van der Waals surface area contributed by atoms with E-state index in [4.69, 9.17) is 0 Å². The SMILES string of the molecule is Cc1cc(C)n(CCCNc2nc3cc(Br)ccc3s2)n1. The van der Waals surface area contributed by atoms with Gasteiger partial charge in [0.1, 0.15) is 0 Å². The van der Waals surface area contributed by atoms with Gasteiger partial charge in [-0.15, -0.1) is 0 Å². The number of anilines is 1. The number of aryl methyl sites for hydroxylation is 3. The fourth-order valence-corrected chi connectivity index (χ4v) is 3.52. The number of rotatable bonds is 5. The Kier molecular flexibility index (Phi) is 4.26. The lowest BCUT2D eigenvalue weighted by atomic mass is 10.3. The predicted octanol–water partition coefficient (Wildman–Crippen LogP) is 4.37. The quantitative estimate of drug-likeness (QED) is 0.683. The van der Waals surface area contributed by atoms with E-state index < -0.39 is 0 Å². The third-order valence-electron chi connectivity index (χ3n) is 3.28. The van der Waals surface area contributed by atoms with Gasteiger partial charge in [-0.1, -0.05) is 27.3 Å². The van der Waals surface area contributed by atoms with Crippen LogP contribution in [0.4, 0.5) is 5.13 Å². The van der Waals surface area contributed by atoms with Gasteiger partial charge in [-0.3, -0.25) is 4.68 Å². The Balaban J connectivity index is 1.55. The predicted molar refractivity (Wildman–Crippen MR) is 92.1 cm³/mol. The number of hydrogen-bond donors (Lipinski definition) is 1. The second kappa shape index (κ2) is 6.15. The van der Waals surface area contributed by atoms with Crippen LogP contribution in [-0.4, -0.2) is 21.3 Å². The summed E-state index contributed by atoms with van der Waals surface area (Å²) in [5.41, 5.74) is 3.34. The molecule has 1 aromatic carbocycles. The van der Waals surface area contributed by atoms with Crippen LogP contribution < -0.4 is 5.32 Å². The normalized spacial score (nSPS) is 11.2. The lowest BCUT2D eigenvalue weighted by Gasteiger charge is -2.05. The summed E-state index contributed by atoms with van der Waals surface area (Å²) in [6.45, 7) is 5.96. The largest absolute Gasteiger partial charge is 0.361 e. The maximum Gasteiger partial charge on any atom is 0.183 e. The molecule has 6 heteroatoms.